The molecule has 0 aromatic carbocycles. The first-order valence-electron chi connectivity index (χ1n) is 5.97. The number of carboxylic acid groups (broad SMARTS) is 1. The summed E-state index contributed by atoms with van der Waals surface area (Å²) in [6, 6.07) is -0.888. The second-order valence-electron chi connectivity index (χ2n) is 5.37. The van der Waals surface area contributed by atoms with Crippen LogP contribution in [0, 0.1) is 11.3 Å². The minimum Gasteiger partial charge on any atom is -0.480 e. The summed E-state index contributed by atoms with van der Waals surface area (Å²) in [4.78, 5) is 23.0. The standard InChI is InChI=1S/C12H24N2O3/c1-5-6-8(7-13)10(15)14-9(11(16)17)12(2,3)4/h8-9H,5-7,13H2,1-4H3,(H,14,15)(H,16,17)/t8?,9-/m1/s1. The average Bonchev–Trinajstić information content (AvgIpc) is 2.19. The van der Waals surface area contributed by atoms with Crippen molar-refractivity contribution in [1.29, 1.82) is 0 Å². The first kappa shape index (κ1) is 15.9. The van der Waals surface area contributed by atoms with Gasteiger partial charge in [-0.15, -0.1) is 0 Å². The first-order valence-corrected chi connectivity index (χ1v) is 5.97. The van der Waals surface area contributed by atoms with Gasteiger partial charge in [0.05, 0.1) is 5.92 Å². The van der Waals surface area contributed by atoms with Crippen LogP contribution in [-0.4, -0.2) is 29.6 Å². The number of hydrogen-bond donors (Lipinski definition) is 3. The number of hydrogen-bond acceptors (Lipinski definition) is 3. The molecule has 0 fully saturated rings. The zero-order valence-electron chi connectivity index (χ0n) is 11.1. The number of nitrogens with two attached hydrogens (primary N) is 1. The molecule has 0 bridgehead atoms. The quantitative estimate of drug-likeness (QED) is 0.649. The Balaban J connectivity index is 4.66. The Hall–Kier alpha value is -1.10. The van der Waals surface area contributed by atoms with E-state index in [1.807, 2.05) is 6.92 Å². The van der Waals surface area contributed by atoms with Gasteiger partial charge >= 0.3 is 5.97 Å². The molecule has 0 aromatic rings. The van der Waals surface area contributed by atoms with E-state index < -0.39 is 17.4 Å². The molecule has 0 rings (SSSR count). The monoisotopic (exact) mass is 244 g/mol. The summed E-state index contributed by atoms with van der Waals surface area (Å²) in [5, 5.41) is 11.7. The predicted molar refractivity (Wildman–Crippen MR) is 66.5 cm³/mol. The molecular formula is C12H24N2O3. The minimum absolute atomic E-state index is 0.246. The molecular weight excluding hydrogens is 220 g/mol. The van der Waals surface area contributed by atoms with Crippen molar-refractivity contribution in [3.05, 3.63) is 0 Å². The Kier molecular flexibility index (Phi) is 6.16. The lowest BCUT2D eigenvalue weighted by atomic mass is 9.86. The number of carbonyl (C=O) groups is 2. The Morgan fingerprint density at radius 2 is 1.88 bits per heavy atom. The fourth-order valence-electron chi connectivity index (χ4n) is 1.61. The Morgan fingerprint density at radius 1 is 1.35 bits per heavy atom. The summed E-state index contributed by atoms with van der Waals surface area (Å²) in [5.41, 5.74) is 4.99. The molecule has 1 unspecified atom stereocenters. The minimum atomic E-state index is -1.02. The summed E-state index contributed by atoms with van der Waals surface area (Å²) in [6.07, 6.45) is 1.53. The Morgan fingerprint density at radius 3 is 2.18 bits per heavy atom. The molecule has 0 radical (unpaired) electrons. The molecule has 0 aliphatic rings. The van der Waals surface area contributed by atoms with Gasteiger partial charge in [0.2, 0.25) is 5.91 Å². The molecule has 5 heteroatoms. The molecule has 0 spiro atoms. The largest absolute Gasteiger partial charge is 0.480 e. The van der Waals surface area contributed by atoms with Gasteiger partial charge in [-0.1, -0.05) is 34.1 Å². The molecule has 0 aliphatic carbocycles. The highest BCUT2D eigenvalue weighted by Gasteiger charge is 2.33. The van der Waals surface area contributed by atoms with Crippen molar-refractivity contribution in [1.82, 2.24) is 5.32 Å². The lowest BCUT2D eigenvalue weighted by Crippen LogP contribution is -2.51. The Bertz CT molecular complexity index is 271. The van der Waals surface area contributed by atoms with Gasteiger partial charge in [-0.3, -0.25) is 4.79 Å². The summed E-state index contributed by atoms with van der Waals surface area (Å²) < 4.78 is 0. The first-order chi connectivity index (χ1) is 7.73. The van der Waals surface area contributed by atoms with Crippen LogP contribution >= 0.6 is 0 Å². The molecule has 0 saturated carbocycles. The van der Waals surface area contributed by atoms with E-state index in [0.717, 1.165) is 6.42 Å². The van der Waals surface area contributed by atoms with E-state index in [1.165, 1.54) is 0 Å². The van der Waals surface area contributed by atoms with Crippen LogP contribution in [0.3, 0.4) is 0 Å². The van der Waals surface area contributed by atoms with E-state index in [4.69, 9.17) is 10.8 Å². The van der Waals surface area contributed by atoms with Gasteiger partial charge in [0, 0.05) is 6.54 Å². The van der Waals surface area contributed by atoms with Crippen molar-refractivity contribution in [2.45, 2.75) is 46.6 Å². The maximum atomic E-state index is 11.9. The van der Waals surface area contributed by atoms with Crippen LogP contribution in [0.2, 0.25) is 0 Å². The van der Waals surface area contributed by atoms with Gasteiger partial charge in [0.25, 0.3) is 0 Å². The predicted octanol–water partition coefficient (Wildman–Crippen LogP) is 0.977. The third-order valence-corrected chi connectivity index (χ3v) is 2.69. The average molecular weight is 244 g/mol. The van der Waals surface area contributed by atoms with E-state index in [0.29, 0.717) is 6.42 Å². The summed E-state index contributed by atoms with van der Waals surface area (Å²) >= 11 is 0. The van der Waals surface area contributed by atoms with Crippen LogP contribution in [-0.2, 0) is 9.59 Å². The van der Waals surface area contributed by atoms with Crippen molar-refractivity contribution in [2.24, 2.45) is 17.1 Å². The Labute approximate surface area is 103 Å². The highest BCUT2D eigenvalue weighted by molar-refractivity contribution is 5.85. The maximum Gasteiger partial charge on any atom is 0.326 e. The van der Waals surface area contributed by atoms with E-state index in [-0.39, 0.29) is 18.4 Å². The van der Waals surface area contributed by atoms with Crippen molar-refractivity contribution in [3.8, 4) is 0 Å². The van der Waals surface area contributed by atoms with Gasteiger partial charge in [0.1, 0.15) is 6.04 Å². The van der Waals surface area contributed by atoms with E-state index in [1.54, 1.807) is 20.8 Å². The molecule has 0 saturated heterocycles. The van der Waals surface area contributed by atoms with Gasteiger partial charge in [0.15, 0.2) is 0 Å². The second kappa shape index (κ2) is 6.59. The van der Waals surface area contributed by atoms with Crippen molar-refractivity contribution < 1.29 is 14.7 Å². The molecule has 0 aromatic heterocycles. The van der Waals surface area contributed by atoms with Gasteiger partial charge in [-0.25, -0.2) is 4.79 Å². The molecule has 1 amide bonds. The fourth-order valence-corrected chi connectivity index (χ4v) is 1.61. The van der Waals surface area contributed by atoms with Crippen LogP contribution in [0.5, 0.6) is 0 Å². The van der Waals surface area contributed by atoms with E-state index >= 15 is 0 Å². The van der Waals surface area contributed by atoms with Gasteiger partial charge in [-0.2, -0.15) is 0 Å². The number of amides is 1. The molecule has 4 N–H and O–H groups in total. The molecule has 0 heterocycles. The topological polar surface area (TPSA) is 92.4 Å². The van der Waals surface area contributed by atoms with E-state index in [2.05, 4.69) is 5.32 Å². The molecule has 2 atom stereocenters. The number of aliphatic carboxylic acids is 1. The highest BCUT2D eigenvalue weighted by Crippen LogP contribution is 2.20. The van der Waals surface area contributed by atoms with Gasteiger partial charge in [-0.05, 0) is 11.8 Å². The summed E-state index contributed by atoms with van der Waals surface area (Å²) in [6.45, 7) is 7.56. The molecule has 0 aliphatic heterocycles. The van der Waals surface area contributed by atoms with Crippen LogP contribution in [0.4, 0.5) is 0 Å². The van der Waals surface area contributed by atoms with Crippen LogP contribution in [0.15, 0.2) is 0 Å². The van der Waals surface area contributed by atoms with Crippen molar-refractivity contribution >= 4 is 11.9 Å². The fraction of sp³-hybridized carbons (Fsp3) is 0.833. The number of nitrogens with one attached hydrogen (secondary N) is 1. The third kappa shape index (κ3) is 5.17. The second-order valence-corrected chi connectivity index (χ2v) is 5.37. The van der Waals surface area contributed by atoms with Crippen molar-refractivity contribution in [2.75, 3.05) is 6.54 Å². The van der Waals surface area contributed by atoms with Gasteiger partial charge < -0.3 is 16.2 Å². The number of carbonyl (C=O) groups excluding carboxylic acids is 1. The van der Waals surface area contributed by atoms with Crippen LogP contribution in [0.25, 0.3) is 0 Å². The maximum absolute atomic E-state index is 11.9. The SMILES string of the molecule is CCCC(CN)C(=O)N[C@H](C(=O)O)C(C)(C)C. The van der Waals surface area contributed by atoms with Crippen molar-refractivity contribution in [3.63, 3.8) is 0 Å². The third-order valence-electron chi connectivity index (χ3n) is 2.69. The lowest BCUT2D eigenvalue weighted by Gasteiger charge is -2.29. The van der Waals surface area contributed by atoms with Crippen LogP contribution in [0.1, 0.15) is 40.5 Å². The molecule has 5 nitrogen and oxygen atoms in total. The smallest absolute Gasteiger partial charge is 0.326 e. The number of carboxylic acids is 1. The highest BCUT2D eigenvalue weighted by atomic mass is 16.4. The summed E-state index contributed by atoms with van der Waals surface area (Å²) in [7, 11) is 0. The van der Waals surface area contributed by atoms with E-state index in [9.17, 15) is 9.59 Å². The van der Waals surface area contributed by atoms with Crippen LogP contribution < -0.4 is 11.1 Å². The molecule has 100 valence electrons. The normalized spacial score (nSPS) is 15.1. The molecule has 17 heavy (non-hydrogen) atoms. The summed E-state index contributed by atoms with van der Waals surface area (Å²) in [5.74, 6) is -1.58. The zero-order valence-corrected chi connectivity index (χ0v) is 11.1. The zero-order chi connectivity index (χ0) is 13.6. The lowest BCUT2D eigenvalue weighted by molar-refractivity contribution is -0.145. The number of rotatable bonds is 6.